The number of nitrogen functional groups attached to an aromatic ring is 1. The standard InChI is InChI=1S/C8H13N3O3/c1-8(2,3)14-7(13)11-5(9)4-6(12)10-11/h4H,9H2,1-3H3,(H,10,12). The van der Waals surface area contributed by atoms with Crippen LogP contribution in [-0.2, 0) is 4.74 Å². The number of aromatic nitrogens is 2. The summed E-state index contributed by atoms with van der Waals surface area (Å²) < 4.78 is 5.86. The quantitative estimate of drug-likeness (QED) is 0.638. The SMILES string of the molecule is CC(C)(C)OC(=O)n1[nH]c(=O)cc1N. The van der Waals surface area contributed by atoms with Crippen LogP contribution >= 0.6 is 0 Å². The second kappa shape index (κ2) is 3.21. The summed E-state index contributed by atoms with van der Waals surface area (Å²) in [5.74, 6) is 0.0317. The Balaban J connectivity index is 2.91. The van der Waals surface area contributed by atoms with E-state index in [1.807, 2.05) is 0 Å². The topological polar surface area (TPSA) is 90.1 Å². The molecule has 0 saturated carbocycles. The fraction of sp³-hybridized carbons (Fsp3) is 0.500. The highest BCUT2D eigenvalue weighted by atomic mass is 16.6. The summed E-state index contributed by atoms with van der Waals surface area (Å²) in [6.07, 6.45) is -0.697. The predicted octanol–water partition coefficient (Wildman–Crippen LogP) is 0.542. The van der Waals surface area contributed by atoms with Crippen molar-refractivity contribution in [2.45, 2.75) is 26.4 Å². The first-order valence-electron chi connectivity index (χ1n) is 4.10. The number of hydrogen-bond donors (Lipinski definition) is 2. The van der Waals surface area contributed by atoms with Crippen molar-refractivity contribution in [3.05, 3.63) is 16.4 Å². The van der Waals surface area contributed by atoms with Crippen molar-refractivity contribution in [2.24, 2.45) is 0 Å². The second-order valence-corrected chi connectivity index (χ2v) is 3.86. The molecule has 0 aliphatic heterocycles. The normalized spacial score (nSPS) is 11.4. The number of H-pyrrole nitrogens is 1. The molecular formula is C8H13N3O3. The van der Waals surface area contributed by atoms with Crippen LogP contribution in [0.5, 0.6) is 0 Å². The molecular weight excluding hydrogens is 186 g/mol. The number of nitrogens with one attached hydrogen (secondary N) is 1. The average Bonchev–Trinajstić information content (AvgIpc) is 2.26. The van der Waals surface area contributed by atoms with Gasteiger partial charge in [0.2, 0.25) is 0 Å². The van der Waals surface area contributed by atoms with Gasteiger partial charge in [0.05, 0.1) is 0 Å². The summed E-state index contributed by atoms with van der Waals surface area (Å²) >= 11 is 0. The van der Waals surface area contributed by atoms with Gasteiger partial charge in [0.15, 0.2) is 0 Å². The van der Waals surface area contributed by atoms with Crippen LogP contribution in [0.15, 0.2) is 10.9 Å². The predicted molar refractivity (Wildman–Crippen MR) is 51.1 cm³/mol. The summed E-state index contributed by atoms with van der Waals surface area (Å²) in [5.41, 5.74) is 4.33. The molecule has 0 aliphatic rings. The van der Waals surface area contributed by atoms with E-state index >= 15 is 0 Å². The maximum absolute atomic E-state index is 11.4. The molecule has 6 nitrogen and oxygen atoms in total. The highest BCUT2D eigenvalue weighted by molar-refractivity contribution is 5.73. The lowest BCUT2D eigenvalue weighted by Gasteiger charge is -2.19. The highest BCUT2D eigenvalue weighted by Crippen LogP contribution is 2.09. The average molecular weight is 199 g/mol. The third-order valence-electron chi connectivity index (χ3n) is 1.34. The number of nitrogens with two attached hydrogens (primary N) is 1. The number of ether oxygens (including phenoxy) is 1. The molecule has 78 valence electrons. The zero-order valence-corrected chi connectivity index (χ0v) is 8.33. The van der Waals surface area contributed by atoms with E-state index < -0.39 is 17.3 Å². The maximum atomic E-state index is 11.4. The zero-order valence-electron chi connectivity index (χ0n) is 8.33. The first kappa shape index (κ1) is 10.4. The fourth-order valence-corrected chi connectivity index (χ4v) is 0.865. The largest absolute Gasteiger partial charge is 0.442 e. The van der Waals surface area contributed by atoms with Gasteiger partial charge in [0, 0.05) is 6.07 Å². The number of rotatable bonds is 0. The number of nitrogens with zero attached hydrogens (tertiary/aromatic N) is 1. The van der Waals surface area contributed by atoms with Crippen LogP contribution in [0.2, 0.25) is 0 Å². The van der Waals surface area contributed by atoms with E-state index in [1.165, 1.54) is 0 Å². The minimum atomic E-state index is -0.697. The van der Waals surface area contributed by atoms with E-state index in [2.05, 4.69) is 5.10 Å². The van der Waals surface area contributed by atoms with E-state index in [9.17, 15) is 9.59 Å². The highest BCUT2D eigenvalue weighted by Gasteiger charge is 2.19. The molecule has 0 aromatic carbocycles. The van der Waals surface area contributed by atoms with Gasteiger partial charge in [-0.05, 0) is 20.8 Å². The molecule has 0 atom stereocenters. The lowest BCUT2D eigenvalue weighted by molar-refractivity contribution is 0.0518. The molecule has 1 aromatic heterocycles. The second-order valence-electron chi connectivity index (χ2n) is 3.86. The van der Waals surface area contributed by atoms with E-state index in [-0.39, 0.29) is 5.82 Å². The molecule has 0 fully saturated rings. The number of aromatic amines is 1. The van der Waals surface area contributed by atoms with Crippen LogP contribution in [0.25, 0.3) is 0 Å². The molecule has 0 amide bonds. The number of hydrogen-bond acceptors (Lipinski definition) is 4. The van der Waals surface area contributed by atoms with Crippen LogP contribution in [0.1, 0.15) is 20.8 Å². The third kappa shape index (κ3) is 2.38. The molecule has 1 rings (SSSR count). The van der Waals surface area contributed by atoms with Crippen LogP contribution in [0, 0.1) is 0 Å². The van der Waals surface area contributed by atoms with E-state index in [0.717, 1.165) is 10.7 Å². The molecule has 6 heteroatoms. The Morgan fingerprint density at radius 3 is 2.50 bits per heavy atom. The zero-order chi connectivity index (χ0) is 10.9. The van der Waals surface area contributed by atoms with Crippen molar-refractivity contribution < 1.29 is 9.53 Å². The van der Waals surface area contributed by atoms with E-state index in [0.29, 0.717) is 0 Å². The molecule has 0 spiro atoms. The van der Waals surface area contributed by atoms with Gasteiger partial charge in [0.1, 0.15) is 11.4 Å². The summed E-state index contributed by atoms with van der Waals surface area (Å²) in [7, 11) is 0. The minimum absolute atomic E-state index is 0.0317. The fourth-order valence-electron chi connectivity index (χ4n) is 0.865. The summed E-state index contributed by atoms with van der Waals surface area (Å²) in [6.45, 7) is 5.17. The van der Waals surface area contributed by atoms with Gasteiger partial charge in [-0.15, -0.1) is 0 Å². The van der Waals surface area contributed by atoms with Gasteiger partial charge in [-0.25, -0.2) is 4.79 Å². The van der Waals surface area contributed by atoms with Crippen LogP contribution in [0.3, 0.4) is 0 Å². The number of anilines is 1. The summed E-state index contributed by atoms with van der Waals surface area (Å²) in [5, 5.41) is 2.23. The monoisotopic (exact) mass is 199 g/mol. The van der Waals surface area contributed by atoms with Gasteiger partial charge in [-0.1, -0.05) is 0 Å². The molecule has 14 heavy (non-hydrogen) atoms. The van der Waals surface area contributed by atoms with Gasteiger partial charge < -0.3 is 10.5 Å². The molecule has 0 saturated heterocycles. The molecule has 0 bridgehead atoms. The Kier molecular flexibility index (Phi) is 2.37. The van der Waals surface area contributed by atoms with Gasteiger partial charge in [-0.3, -0.25) is 9.89 Å². The smallest absolute Gasteiger partial charge is 0.435 e. The van der Waals surface area contributed by atoms with Crippen LogP contribution in [0.4, 0.5) is 10.6 Å². The maximum Gasteiger partial charge on any atom is 0.435 e. The van der Waals surface area contributed by atoms with Gasteiger partial charge in [-0.2, -0.15) is 4.68 Å². The Hall–Kier alpha value is -1.72. The first-order valence-corrected chi connectivity index (χ1v) is 4.10. The van der Waals surface area contributed by atoms with Crippen LogP contribution in [-0.4, -0.2) is 21.5 Å². The van der Waals surface area contributed by atoms with E-state index in [4.69, 9.17) is 10.5 Å². The number of carbonyl (C=O) groups excluding carboxylic acids is 1. The van der Waals surface area contributed by atoms with Crippen molar-refractivity contribution >= 4 is 11.9 Å². The van der Waals surface area contributed by atoms with Crippen molar-refractivity contribution in [1.29, 1.82) is 0 Å². The Morgan fingerprint density at radius 2 is 2.14 bits per heavy atom. The van der Waals surface area contributed by atoms with Gasteiger partial charge >= 0.3 is 6.09 Å². The molecule has 0 aliphatic carbocycles. The lowest BCUT2D eigenvalue weighted by Crippen LogP contribution is -2.29. The lowest BCUT2D eigenvalue weighted by atomic mass is 10.2. The van der Waals surface area contributed by atoms with Crippen molar-refractivity contribution in [2.75, 3.05) is 5.73 Å². The van der Waals surface area contributed by atoms with E-state index in [1.54, 1.807) is 20.8 Å². The number of carbonyl (C=O) groups is 1. The summed E-state index contributed by atoms with van der Waals surface area (Å²) in [4.78, 5) is 22.2. The molecule has 1 heterocycles. The summed E-state index contributed by atoms with van der Waals surface area (Å²) in [6, 6.07) is 1.11. The Bertz CT molecular complexity index is 397. The molecule has 0 radical (unpaired) electrons. The molecule has 3 N–H and O–H groups in total. The minimum Gasteiger partial charge on any atom is -0.442 e. The van der Waals surface area contributed by atoms with Crippen molar-refractivity contribution in [1.82, 2.24) is 9.78 Å². The van der Waals surface area contributed by atoms with Crippen LogP contribution < -0.4 is 11.3 Å². The Morgan fingerprint density at radius 1 is 1.57 bits per heavy atom. The van der Waals surface area contributed by atoms with Crippen molar-refractivity contribution in [3.63, 3.8) is 0 Å². The Labute approximate surface area is 80.6 Å². The van der Waals surface area contributed by atoms with Gasteiger partial charge in [0.25, 0.3) is 5.56 Å². The first-order chi connectivity index (χ1) is 6.29. The molecule has 0 unspecified atom stereocenters. The third-order valence-corrected chi connectivity index (χ3v) is 1.34. The van der Waals surface area contributed by atoms with Crippen molar-refractivity contribution in [3.8, 4) is 0 Å². The molecule has 1 aromatic rings.